The van der Waals surface area contributed by atoms with Crippen LogP contribution >= 0.6 is 0 Å². The molecular weight excluding hydrogens is 673 g/mol. The van der Waals surface area contributed by atoms with Crippen LogP contribution in [0.3, 0.4) is 0 Å². The fourth-order valence-corrected chi connectivity index (χ4v) is 8.82. The van der Waals surface area contributed by atoms with Gasteiger partial charge in [-0.1, -0.05) is 72.8 Å². The van der Waals surface area contributed by atoms with Crippen molar-refractivity contribution < 1.29 is 19.1 Å². The highest BCUT2D eigenvalue weighted by Crippen LogP contribution is 2.40. The van der Waals surface area contributed by atoms with Gasteiger partial charge in [0.2, 0.25) is 0 Å². The van der Waals surface area contributed by atoms with E-state index < -0.39 is 23.9 Å². The van der Waals surface area contributed by atoms with Gasteiger partial charge in [0.1, 0.15) is 5.57 Å². The third kappa shape index (κ3) is 5.42. The van der Waals surface area contributed by atoms with Gasteiger partial charge in [-0.05, 0) is 99.2 Å². The Morgan fingerprint density at radius 2 is 1.09 bits per heavy atom. The van der Waals surface area contributed by atoms with Gasteiger partial charge in [0, 0.05) is 69.5 Å². The van der Waals surface area contributed by atoms with Gasteiger partial charge in [0.05, 0.1) is 12.6 Å². The summed E-state index contributed by atoms with van der Waals surface area (Å²) in [6.07, 6.45) is 9.70. The van der Waals surface area contributed by atoms with Crippen molar-refractivity contribution in [3.05, 3.63) is 118 Å². The van der Waals surface area contributed by atoms with Gasteiger partial charge in [0.25, 0.3) is 11.8 Å². The van der Waals surface area contributed by atoms with Crippen LogP contribution < -0.4 is 10.7 Å². The highest BCUT2D eigenvalue weighted by Gasteiger charge is 2.45. The molecule has 8 rings (SSSR count). The average molecular weight is 719 g/mol. The molecule has 1 saturated heterocycles. The number of likely N-dealkylation sites (N-methyl/N-ethyl adjacent to an activating group) is 1. The number of ether oxygens (including phenoxy) is 1. The van der Waals surface area contributed by atoms with Gasteiger partial charge in [0.15, 0.2) is 0 Å². The molecule has 8 heteroatoms. The Labute approximate surface area is 314 Å². The van der Waals surface area contributed by atoms with Crippen LogP contribution in [0, 0.1) is 0 Å². The molecule has 6 aromatic rings. The molecule has 3 heterocycles. The van der Waals surface area contributed by atoms with Crippen LogP contribution in [0.2, 0.25) is 0 Å². The lowest BCUT2D eigenvalue weighted by atomic mass is 9.94. The highest BCUT2D eigenvalue weighted by atomic mass is 16.5. The Hall–Kier alpha value is -5.73. The lowest BCUT2D eigenvalue weighted by Gasteiger charge is -2.36. The molecule has 4 amide bonds. The third-order valence-electron chi connectivity index (χ3n) is 11.1. The summed E-state index contributed by atoms with van der Waals surface area (Å²) in [5, 5.41) is 9.26. The SMILES string of the molecule is COCC(C)N1C(=O)C(=C2C(=CC=c3c4cccc5cccc(c54)n3C(C)C)CCC2=CC=c2c3cccc4cccc(c43)n2C(C)C)C(=O)N(C)C1=O. The maximum absolute atomic E-state index is 14.5. The predicted molar refractivity (Wildman–Crippen MR) is 218 cm³/mol. The average Bonchev–Trinajstić information content (AvgIpc) is 3.81. The minimum absolute atomic E-state index is 0.0157. The minimum atomic E-state index is -0.647. The molecule has 2 aromatic heterocycles. The molecule has 274 valence electrons. The molecule has 0 bridgehead atoms. The van der Waals surface area contributed by atoms with E-state index in [1.54, 1.807) is 6.92 Å². The molecule has 1 aliphatic carbocycles. The molecule has 0 radical (unpaired) electrons. The van der Waals surface area contributed by atoms with E-state index in [0.717, 1.165) is 37.5 Å². The summed E-state index contributed by atoms with van der Waals surface area (Å²) in [4.78, 5) is 44.3. The van der Waals surface area contributed by atoms with Crippen molar-refractivity contribution in [3.63, 3.8) is 0 Å². The first-order valence-electron chi connectivity index (χ1n) is 18.9. The quantitative estimate of drug-likeness (QED) is 0.123. The number of allylic oxidation sites excluding steroid dienone is 5. The second kappa shape index (κ2) is 13.6. The lowest BCUT2D eigenvalue weighted by Crippen LogP contribution is -2.58. The van der Waals surface area contributed by atoms with E-state index >= 15 is 0 Å². The predicted octanol–water partition coefficient (Wildman–Crippen LogP) is 8.16. The topological polar surface area (TPSA) is 76.8 Å². The first kappa shape index (κ1) is 35.3. The number of methoxy groups -OCH3 is 1. The summed E-state index contributed by atoms with van der Waals surface area (Å²) in [6, 6.07) is 24.8. The van der Waals surface area contributed by atoms with E-state index in [1.807, 2.05) is 0 Å². The van der Waals surface area contributed by atoms with Crippen molar-refractivity contribution in [2.45, 2.75) is 65.6 Å². The Balaban J connectivity index is 1.39. The number of urea groups is 1. The van der Waals surface area contributed by atoms with Gasteiger partial charge in [-0.25, -0.2) is 4.79 Å². The van der Waals surface area contributed by atoms with Gasteiger partial charge in [-0.15, -0.1) is 0 Å². The number of nitrogens with zero attached hydrogens (tertiary/aromatic N) is 4. The van der Waals surface area contributed by atoms with E-state index in [2.05, 4.69) is 134 Å². The summed E-state index contributed by atoms with van der Waals surface area (Å²) in [5.41, 5.74) is 4.72. The number of barbiturate groups is 1. The molecule has 54 heavy (non-hydrogen) atoms. The monoisotopic (exact) mass is 718 g/mol. The zero-order valence-electron chi connectivity index (χ0n) is 32.0. The molecular formula is C46H46N4O4. The molecule has 2 fully saturated rings. The van der Waals surface area contributed by atoms with Crippen molar-refractivity contribution in [3.8, 4) is 0 Å². The molecule has 1 saturated carbocycles. The standard InChI is InChI=1S/C46H46N4O4/c1-27(2)48-36(34-16-8-12-30-14-10-18-38(48)41(30)34)24-22-32-20-21-33(40(32)43-44(51)47(6)46(53)50(45(43)52)29(5)26-54-7)23-25-37-35-17-9-13-31-15-11-19-39(42(31)35)49(37)28(3)4/h8-19,22-25,27-29H,20-21,26H2,1-7H3. The first-order valence-corrected chi connectivity index (χ1v) is 18.9. The van der Waals surface area contributed by atoms with Crippen LogP contribution in [0.15, 0.2) is 107 Å². The number of carbonyl (C=O) groups excluding carboxylic acids is 3. The van der Waals surface area contributed by atoms with E-state index in [1.165, 1.54) is 51.6 Å². The highest BCUT2D eigenvalue weighted by molar-refractivity contribution is 6.30. The van der Waals surface area contributed by atoms with Crippen molar-refractivity contribution in [2.75, 3.05) is 20.8 Å². The van der Waals surface area contributed by atoms with E-state index in [0.29, 0.717) is 18.4 Å². The molecule has 1 atom stereocenters. The second-order valence-corrected chi connectivity index (χ2v) is 15.2. The van der Waals surface area contributed by atoms with E-state index in [4.69, 9.17) is 4.74 Å². The van der Waals surface area contributed by atoms with Crippen LogP contribution in [0.25, 0.3) is 55.5 Å². The summed E-state index contributed by atoms with van der Waals surface area (Å²) in [5.74, 6) is -1.19. The maximum Gasteiger partial charge on any atom is 0.334 e. The largest absolute Gasteiger partial charge is 0.383 e. The zero-order valence-corrected chi connectivity index (χ0v) is 32.0. The van der Waals surface area contributed by atoms with Gasteiger partial charge in [-0.3, -0.25) is 19.4 Å². The fourth-order valence-electron chi connectivity index (χ4n) is 8.82. The van der Waals surface area contributed by atoms with Crippen LogP contribution in [-0.4, -0.2) is 63.6 Å². The molecule has 2 aliphatic rings. The van der Waals surface area contributed by atoms with Crippen LogP contribution in [0.5, 0.6) is 0 Å². The number of imide groups is 2. The molecule has 1 aliphatic heterocycles. The molecule has 0 N–H and O–H groups in total. The van der Waals surface area contributed by atoms with Crippen molar-refractivity contribution in [1.82, 2.24) is 18.9 Å². The molecule has 0 spiro atoms. The Kier molecular flexibility index (Phi) is 8.89. The summed E-state index contributed by atoms with van der Waals surface area (Å²) in [6.45, 7) is 10.7. The first-order chi connectivity index (χ1) is 26.0. The summed E-state index contributed by atoms with van der Waals surface area (Å²) < 4.78 is 10.1. The number of hydrogen-bond donors (Lipinski definition) is 0. The van der Waals surface area contributed by atoms with Crippen molar-refractivity contribution >= 4 is 73.3 Å². The number of hydrogen-bond acceptors (Lipinski definition) is 4. The second-order valence-electron chi connectivity index (χ2n) is 15.2. The number of benzene rings is 4. The van der Waals surface area contributed by atoms with Gasteiger partial charge < -0.3 is 13.9 Å². The molecule has 8 nitrogen and oxygen atoms in total. The van der Waals surface area contributed by atoms with E-state index in [9.17, 15) is 14.4 Å². The Morgan fingerprint density at radius 1 is 0.630 bits per heavy atom. The third-order valence-corrected chi connectivity index (χ3v) is 11.1. The number of carbonyl (C=O) groups is 3. The van der Waals surface area contributed by atoms with Gasteiger partial charge in [-0.2, -0.15) is 0 Å². The van der Waals surface area contributed by atoms with Crippen LogP contribution in [0.4, 0.5) is 4.79 Å². The van der Waals surface area contributed by atoms with Crippen molar-refractivity contribution in [2.24, 2.45) is 0 Å². The van der Waals surface area contributed by atoms with E-state index in [-0.39, 0.29) is 24.3 Å². The summed E-state index contributed by atoms with van der Waals surface area (Å²) >= 11 is 0. The summed E-state index contributed by atoms with van der Waals surface area (Å²) in [7, 11) is 2.98. The normalized spacial score (nSPS) is 18.8. The van der Waals surface area contributed by atoms with Crippen LogP contribution in [-0.2, 0) is 14.3 Å². The van der Waals surface area contributed by atoms with Crippen LogP contribution in [0.1, 0.15) is 59.5 Å². The Bertz CT molecular complexity index is 2570. The molecule has 1 unspecified atom stereocenters. The Morgan fingerprint density at radius 3 is 1.54 bits per heavy atom. The number of amides is 4. The minimum Gasteiger partial charge on any atom is -0.383 e. The smallest absolute Gasteiger partial charge is 0.334 e. The van der Waals surface area contributed by atoms with Crippen molar-refractivity contribution in [1.29, 1.82) is 0 Å². The van der Waals surface area contributed by atoms with Gasteiger partial charge >= 0.3 is 6.03 Å². The maximum atomic E-state index is 14.5. The number of rotatable bonds is 7. The molecule has 4 aromatic carbocycles. The number of aromatic nitrogens is 2. The fraction of sp³-hybridized carbons (Fsp3) is 0.283. The zero-order chi connectivity index (χ0) is 38.0. The lowest BCUT2D eigenvalue weighted by molar-refractivity contribution is -0.137.